The summed E-state index contributed by atoms with van der Waals surface area (Å²) in [7, 11) is 1.59. The van der Waals surface area contributed by atoms with E-state index in [1.54, 1.807) is 23.3 Å². The fourth-order valence-electron chi connectivity index (χ4n) is 2.92. The van der Waals surface area contributed by atoms with E-state index < -0.39 is 5.97 Å². The van der Waals surface area contributed by atoms with Gasteiger partial charge in [0.2, 0.25) is 0 Å². The van der Waals surface area contributed by atoms with Crippen LogP contribution in [0.3, 0.4) is 0 Å². The molecule has 1 fully saturated rings. The van der Waals surface area contributed by atoms with E-state index in [1.165, 1.54) is 11.3 Å². The zero-order valence-electron chi connectivity index (χ0n) is 13.4. The molecule has 3 heterocycles. The maximum absolute atomic E-state index is 13.0. The van der Waals surface area contributed by atoms with Gasteiger partial charge in [-0.1, -0.05) is 6.07 Å². The predicted octanol–water partition coefficient (Wildman–Crippen LogP) is 2.88. The summed E-state index contributed by atoms with van der Waals surface area (Å²) in [5.74, 6) is -1.06. The summed E-state index contributed by atoms with van der Waals surface area (Å²) in [5.41, 5.74) is 0.684. The van der Waals surface area contributed by atoms with Crippen molar-refractivity contribution in [2.75, 3.05) is 13.7 Å². The number of thiophene rings is 1. The van der Waals surface area contributed by atoms with Gasteiger partial charge < -0.3 is 14.7 Å². The average Bonchev–Trinajstić information content (AvgIpc) is 3.24. The highest BCUT2D eigenvalue weighted by Gasteiger charge is 2.38. The smallest absolute Gasteiger partial charge is 0.305 e. The number of likely N-dealkylation sites (tertiary alicyclic amines) is 1. The number of carbonyl (C=O) groups is 2. The normalized spacial score (nSPS) is 20.5. The number of nitrogens with zero attached hydrogens (tertiary/aromatic N) is 2. The Bertz CT molecular complexity index is 741. The van der Waals surface area contributed by atoms with Gasteiger partial charge in [-0.05, 0) is 24.8 Å². The minimum atomic E-state index is -0.908. The van der Waals surface area contributed by atoms with E-state index in [1.807, 2.05) is 24.4 Å². The number of ether oxygens (including phenoxy) is 1. The van der Waals surface area contributed by atoms with E-state index in [4.69, 9.17) is 9.84 Å². The molecule has 0 aliphatic carbocycles. The fourth-order valence-corrected chi connectivity index (χ4v) is 4.74. The monoisotopic (exact) mass is 366 g/mol. The molecule has 1 saturated heterocycles. The average molecular weight is 366 g/mol. The number of thiazole rings is 1. The van der Waals surface area contributed by atoms with Gasteiger partial charge in [-0.25, -0.2) is 4.98 Å². The summed E-state index contributed by atoms with van der Waals surface area (Å²) in [6.07, 6.45) is 0.356. The molecule has 1 N–H and O–H groups in total. The first kappa shape index (κ1) is 17.1. The Morgan fingerprint density at radius 1 is 1.50 bits per heavy atom. The van der Waals surface area contributed by atoms with Crippen LogP contribution in [-0.4, -0.2) is 52.7 Å². The molecule has 3 rings (SSSR count). The van der Waals surface area contributed by atoms with Crippen molar-refractivity contribution < 1.29 is 19.4 Å². The Morgan fingerprint density at radius 2 is 2.29 bits per heavy atom. The van der Waals surface area contributed by atoms with Crippen LogP contribution in [0.4, 0.5) is 0 Å². The van der Waals surface area contributed by atoms with Crippen LogP contribution in [0.15, 0.2) is 17.5 Å². The van der Waals surface area contributed by atoms with Crippen LogP contribution in [0.1, 0.15) is 28.2 Å². The Hall–Kier alpha value is -1.77. The Labute approximate surface area is 147 Å². The zero-order chi connectivity index (χ0) is 17.3. The van der Waals surface area contributed by atoms with Crippen LogP contribution in [0, 0.1) is 6.92 Å². The maximum atomic E-state index is 13.0. The van der Waals surface area contributed by atoms with Gasteiger partial charge in [-0.2, -0.15) is 0 Å². The number of methoxy groups -OCH3 is 1. The Balaban J connectivity index is 1.86. The standard InChI is InChI=1S/C16H18N2O4S2/c1-9-14(24-15(17-9)12-4-3-5-23-12)16(21)18-8-11(22-2)6-10(18)7-13(19)20/h3-5,10-11H,6-8H2,1-2H3,(H,19,20). The van der Waals surface area contributed by atoms with Gasteiger partial charge in [0, 0.05) is 19.7 Å². The van der Waals surface area contributed by atoms with Gasteiger partial charge in [0.1, 0.15) is 9.88 Å². The summed E-state index contributed by atoms with van der Waals surface area (Å²) in [6, 6.07) is 3.58. The molecule has 2 aromatic heterocycles. The SMILES string of the molecule is COC1CC(CC(=O)O)N(C(=O)c2sc(-c3cccs3)nc2C)C1. The molecule has 128 valence electrons. The fraction of sp³-hybridized carbons (Fsp3) is 0.438. The lowest BCUT2D eigenvalue weighted by atomic mass is 10.1. The number of aromatic nitrogens is 1. The predicted molar refractivity (Wildman–Crippen MR) is 92.7 cm³/mol. The second-order valence-electron chi connectivity index (χ2n) is 5.71. The largest absolute Gasteiger partial charge is 0.481 e. The lowest BCUT2D eigenvalue weighted by Gasteiger charge is -2.22. The summed E-state index contributed by atoms with van der Waals surface area (Å²) in [5, 5.41) is 11.9. The third-order valence-corrected chi connectivity index (χ3v) is 6.29. The molecule has 6 nitrogen and oxygen atoms in total. The molecule has 8 heteroatoms. The Morgan fingerprint density at radius 3 is 2.92 bits per heavy atom. The number of rotatable bonds is 5. The van der Waals surface area contributed by atoms with Gasteiger partial charge in [0.25, 0.3) is 5.91 Å². The number of carboxylic acid groups (broad SMARTS) is 1. The number of aliphatic carboxylic acids is 1. The van der Waals surface area contributed by atoms with Crippen molar-refractivity contribution in [2.24, 2.45) is 0 Å². The van der Waals surface area contributed by atoms with Crippen molar-refractivity contribution in [3.63, 3.8) is 0 Å². The molecule has 2 atom stereocenters. The zero-order valence-corrected chi connectivity index (χ0v) is 15.0. The molecule has 0 saturated carbocycles. The highest BCUT2D eigenvalue weighted by molar-refractivity contribution is 7.22. The number of hydrogen-bond acceptors (Lipinski definition) is 6. The second kappa shape index (κ2) is 7.00. The first-order valence-corrected chi connectivity index (χ1v) is 9.26. The van der Waals surface area contributed by atoms with Crippen molar-refractivity contribution in [2.45, 2.75) is 31.9 Å². The van der Waals surface area contributed by atoms with Gasteiger partial charge in [-0.3, -0.25) is 9.59 Å². The van der Waals surface area contributed by atoms with Crippen LogP contribution in [0.2, 0.25) is 0 Å². The number of hydrogen-bond donors (Lipinski definition) is 1. The molecule has 1 aliphatic heterocycles. The lowest BCUT2D eigenvalue weighted by molar-refractivity contribution is -0.137. The van der Waals surface area contributed by atoms with E-state index in [9.17, 15) is 9.59 Å². The molecule has 0 spiro atoms. The van der Waals surface area contributed by atoms with Crippen LogP contribution in [0.25, 0.3) is 9.88 Å². The highest BCUT2D eigenvalue weighted by Crippen LogP contribution is 2.33. The quantitative estimate of drug-likeness (QED) is 0.880. The van der Waals surface area contributed by atoms with Crippen LogP contribution < -0.4 is 0 Å². The lowest BCUT2D eigenvalue weighted by Crippen LogP contribution is -2.37. The molecule has 24 heavy (non-hydrogen) atoms. The van der Waals surface area contributed by atoms with Crippen molar-refractivity contribution in [3.05, 3.63) is 28.1 Å². The van der Waals surface area contributed by atoms with Crippen molar-refractivity contribution in [1.82, 2.24) is 9.88 Å². The molecule has 1 amide bonds. The van der Waals surface area contributed by atoms with Crippen molar-refractivity contribution in [3.8, 4) is 9.88 Å². The number of aryl methyl sites for hydroxylation is 1. The number of carbonyl (C=O) groups excluding carboxylic acids is 1. The minimum absolute atomic E-state index is 0.0682. The molecule has 0 aromatic carbocycles. The van der Waals surface area contributed by atoms with Crippen LogP contribution in [0.5, 0.6) is 0 Å². The summed E-state index contributed by atoms with van der Waals surface area (Å²) < 4.78 is 5.34. The van der Waals surface area contributed by atoms with Gasteiger partial charge >= 0.3 is 5.97 Å². The third kappa shape index (κ3) is 3.35. The summed E-state index contributed by atoms with van der Waals surface area (Å²) >= 11 is 2.94. The highest BCUT2D eigenvalue weighted by atomic mass is 32.1. The van der Waals surface area contributed by atoms with Gasteiger partial charge in [0.15, 0.2) is 0 Å². The van der Waals surface area contributed by atoms with E-state index in [0.717, 1.165) is 9.88 Å². The molecular formula is C16H18N2O4S2. The van der Waals surface area contributed by atoms with Crippen LogP contribution >= 0.6 is 22.7 Å². The topological polar surface area (TPSA) is 79.7 Å². The molecule has 2 aromatic rings. The summed E-state index contributed by atoms with van der Waals surface area (Å²) in [4.78, 5) is 31.8. The minimum Gasteiger partial charge on any atom is -0.481 e. The van der Waals surface area contributed by atoms with Crippen LogP contribution in [-0.2, 0) is 9.53 Å². The summed E-state index contributed by atoms with van der Waals surface area (Å²) in [6.45, 7) is 2.23. The Kier molecular flexibility index (Phi) is 4.98. The molecule has 2 unspecified atom stereocenters. The van der Waals surface area contributed by atoms with E-state index >= 15 is 0 Å². The van der Waals surface area contributed by atoms with Crippen molar-refractivity contribution in [1.29, 1.82) is 0 Å². The molecule has 0 radical (unpaired) electrons. The van der Waals surface area contributed by atoms with E-state index in [-0.39, 0.29) is 24.5 Å². The molecular weight excluding hydrogens is 348 g/mol. The third-order valence-electron chi connectivity index (χ3n) is 4.10. The second-order valence-corrected chi connectivity index (χ2v) is 7.66. The van der Waals surface area contributed by atoms with E-state index in [2.05, 4.69) is 4.98 Å². The number of carboxylic acids is 1. The molecule has 1 aliphatic rings. The molecule has 0 bridgehead atoms. The first-order valence-electron chi connectivity index (χ1n) is 7.56. The number of amides is 1. The first-order chi connectivity index (χ1) is 11.5. The van der Waals surface area contributed by atoms with Gasteiger partial charge in [-0.15, -0.1) is 22.7 Å². The van der Waals surface area contributed by atoms with E-state index in [0.29, 0.717) is 23.5 Å². The van der Waals surface area contributed by atoms with Crippen molar-refractivity contribution >= 4 is 34.6 Å². The maximum Gasteiger partial charge on any atom is 0.305 e. The van der Waals surface area contributed by atoms with Gasteiger partial charge in [0.05, 0.1) is 23.1 Å².